The van der Waals surface area contributed by atoms with Gasteiger partial charge in [0.2, 0.25) is 0 Å². The Morgan fingerprint density at radius 1 is 1.19 bits per heavy atom. The molecule has 3 nitrogen and oxygen atoms in total. The molecule has 0 saturated heterocycles. The van der Waals surface area contributed by atoms with Crippen molar-refractivity contribution in [2.24, 2.45) is 0 Å². The van der Waals surface area contributed by atoms with Crippen molar-refractivity contribution < 1.29 is 13.9 Å². The normalized spacial score (nSPS) is 10.8. The quantitative estimate of drug-likeness (QED) is 0.535. The fourth-order valence-electron chi connectivity index (χ4n) is 2.23. The largest absolute Gasteiger partial charge is 0.497 e. The molecule has 3 aromatic rings. The van der Waals surface area contributed by atoms with E-state index in [-0.39, 0.29) is 11.6 Å². The summed E-state index contributed by atoms with van der Waals surface area (Å²) in [5, 5.41) is 0.791. The van der Waals surface area contributed by atoms with Gasteiger partial charge in [0.25, 0.3) is 0 Å². The number of benzene rings is 2. The van der Waals surface area contributed by atoms with Gasteiger partial charge >= 0.3 is 0 Å². The Morgan fingerprint density at radius 3 is 2.71 bits per heavy atom. The van der Waals surface area contributed by atoms with Crippen molar-refractivity contribution in [3.05, 3.63) is 63.1 Å². The molecule has 0 radical (unpaired) electrons. The second-order valence-corrected chi connectivity index (χ2v) is 5.73. The number of carbonyl (C=O) groups is 1. The number of rotatable bonds is 3. The van der Waals surface area contributed by atoms with Crippen LogP contribution in [-0.2, 0) is 0 Å². The number of aromatic nitrogens is 1. The van der Waals surface area contributed by atoms with Crippen LogP contribution in [0.2, 0.25) is 0 Å². The maximum atomic E-state index is 13.2. The summed E-state index contributed by atoms with van der Waals surface area (Å²) >= 11 is 1.97. The van der Waals surface area contributed by atoms with Crippen LogP contribution >= 0.6 is 22.6 Å². The van der Waals surface area contributed by atoms with E-state index in [1.807, 2.05) is 40.8 Å². The molecule has 1 N–H and O–H groups in total. The number of fused-ring (bicyclic) bond motifs is 1. The van der Waals surface area contributed by atoms with Crippen LogP contribution in [0, 0.1) is 9.39 Å². The number of methoxy groups -OCH3 is 1. The van der Waals surface area contributed by atoms with Gasteiger partial charge in [0.05, 0.1) is 7.11 Å². The maximum absolute atomic E-state index is 13.2. The number of carbonyl (C=O) groups excluding carboxylic acids is 1. The highest BCUT2D eigenvalue weighted by molar-refractivity contribution is 14.1. The van der Waals surface area contributed by atoms with E-state index in [9.17, 15) is 9.18 Å². The maximum Gasteiger partial charge on any atom is 0.196 e. The van der Waals surface area contributed by atoms with E-state index in [4.69, 9.17) is 4.74 Å². The minimum atomic E-state index is -0.350. The number of H-pyrrole nitrogens is 1. The van der Waals surface area contributed by atoms with Crippen molar-refractivity contribution in [2.75, 3.05) is 7.11 Å². The van der Waals surface area contributed by atoms with Crippen LogP contribution in [0.25, 0.3) is 10.9 Å². The van der Waals surface area contributed by atoms with Gasteiger partial charge in [0.1, 0.15) is 11.6 Å². The second kappa shape index (κ2) is 5.48. The summed E-state index contributed by atoms with van der Waals surface area (Å²) in [7, 11) is 1.58. The van der Waals surface area contributed by atoms with Gasteiger partial charge in [-0.15, -0.1) is 0 Å². The third kappa shape index (κ3) is 2.53. The molecule has 0 aliphatic heterocycles. The van der Waals surface area contributed by atoms with Crippen LogP contribution in [-0.4, -0.2) is 17.9 Å². The molecule has 1 aromatic heterocycles. The zero-order chi connectivity index (χ0) is 15.0. The fourth-order valence-corrected chi connectivity index (χ4v) is 2.96. The van der Waals surface area contributed by atoms with E-state index in [2.05, 4.69) is 4.98 Å². The van der Waals surface area contributed by atoms with E-state index in [0.717, 1.165) is 10.9 Å². The third-order valence-corrected chi connectivity index (χ3v) is 4.20. The molecule has 0 aliphatic rings. The fraction of sp³-hybridized carbons (Fsp3) is 0.0625. The van der Waals surface area contributed by atoms with Crippen LogP contribution in [0.1, 0.15) is 15.9 Å². The zero-order valence-corrected chi connectivity index (χ0v) is 13.3. The molecule has 106 valence electrons. The Balaban J connectivity index is 2.13. The summed E-state index contributed by atoms with van der Waals surface area (Å²) in [5.41, 5.74) is 1.89. The molecule has 5 heteroatoms. The molecule has 0 saturated carbocycles. The average molecular weight is 395 g/mol. The standard InChI is InChI=1S/C16H11FINO2/c1-21-10-3-5-15-12(7-10)13(8-19-15)16(20)11-4-2-9(17)6-14(11)18/h2-8,19H,1H3. The van der Waals surface area contributed by atoms with Crippen molar-refractivity contribution in [1.29, 1.82) is 0 Å². The molecule has 2 aromatic carbocycles. The van der Waals surface area contributed by atoms with Crippen molar-refractivity contribution in [3.8, 4) is 5.75 Å². The molecule has 0 amide bonds. The first-order valence-electron chi connectivity index (χ1n) is 6.25. The minimum absolute atomic E-state index is 0.140. The summed E-state index contributed by atoms with van der Waals surface area (Å²) in [6.45, 7) is 0. The molecule has 0 fully saturated rings. The van der Waals surface area contributed by atoms with E-state index < -0.39 is 0 Å². The molecule has 0 atom stereocenters. The lowest BCUT2D eigenvalue weighted by atomic mass is 10.0. The summed E-state index contributed by atoms with van der Waals surface area (Å²) in [6.07, 6.45) is 1.67. The molecule has 1 heterocycles. The van der Waals surface area contributed by atoms with Crippen LogP contribution < -0.4 is 4.74 Å². The molecule has 21 heavy (non-hydrogen) atoms. The predicted octanol–water partition coefficient (Wildman–Crippen LogP) is 4.15. The van der Waals surface area contributed by atoms with Gasteiger partial charge < -0.3 is 9.72 Å². The lowest BCUT2D eigenvalue weighted by Gasteiger charge is -2.04. The van der Waals surface area contributed by atoms with E-state index >= 15 is 0 Å². The Bertz CT molecular complexity index is 841. The predicted molar refractivity (Wildman–Crippen MR) is 87.4 cm³/mol. The SMILES string of the molecule is COc1ccc2[nH]cc(C(=O)c3ccc(F)cc3I)c2c1. The zero-order valence-electron chi connectivity index (χ0n) is 11.1. The van der Waals surface area contributed by atoms with Crippen LogP contribution in [0.5, 0.6) is 5.75 Å². The van der Waals surface area contributed by atoms with Gasteiger partial charge in [-0.2, -0.15) is 0 Å². The van der Waals surface area contributed by atoms with Crippen LogP contribution in [0.3, 0.4) is 0 Å². The van der Waals surface area contributed by atoms with E-state index in [1.54, 1.807) is 13.3 Å². The van der Waals surface area contributed by atoms with Gasteiger partial charge in [-0.25, -0.2) is 4.39 Å². The monoisotopic (exact) mass is 395 g/mol. The minimum Gasteiger partial charge on any atom is -0.497 e. The van der Waals surface area contributed by atoms with Gasteiger partial charge in [0.15, 0.2) is 5.78 Å². The number of hydrogen-bond donors (Lipinski definition) is 1. The lowest BCUT2D eigenvalue weighted by molar-refractivity contribution is 0.103. The molecule has 0 unspecified atom stereocenters. The van der Waals surface area contributed by atoms with Gasteiger partial charge in [-0.1, -0.05) is 0 Å². The Hall–Kier alpha value is -1.89. The highest BCUT2D eigenvalue weighted by atomic mass is 127. The number of hydrogen-bond acceptors (Lipinski definition) is 2. The van der Waals surface area contributed by atoms with Crippen molar-refractivity contribution in [2.45, 2.75) is 0 Å². The van der Waals surface area contributed by atoms with Gasteiger partial charge in [-0.05, 0) is 59.0 Å². The molecule has 3 rings (SSSR count). The van der Waals surface area contributed by atoms with E-state index in [1.165, 1.54) is 18.2 Å². The van der Waals surface area contributed by atoms with Crippen LogP contribution in [0.15, 0.2) is 42.6 Å². The summed E-state index contributed by atoms with van der Waals surface area (Å²) in [5.74, 6) is 0.195. The second-order valence-electron chi connectivity index (χ2n) is 4.57. The average Bonchev–Trinajstić information content (AvgIpc) is 2.89. The lowest BCUT2D eigenvalue weighted by Crippen LogP contribution is -2.03. The molecular formula is C16H11FINO2. The Morgan fingerprint density at radius 2 is 2.00 bits per heavy atom. The van der Waals surface area contributed by atoms with Crippen molar-refractivity contribution in [3.63, 3.8) is 0 Å². The molecular weight excluding hydrogens is 384 g/mol. The number of ketones is 1. The summed E-state index contributed by atoms with van der Waals surface area (Å²) < 4.78 is 19.0. The van der Waals surface area contributed by atoms with Crippen molar-refractivity contribution >= 4 is 39.3 Å². The number of nitrogens with one attached hydrogen (secondary N) is 1. The number of aromatic amines is 1. The molecule has 0 bridgehead atoms. The Kier molecular flexibility index (Phi) is 3.67. The van der Waals surface area contributed by atoms with Gasteiger partial charge in [-0.3, -0.25) is 4.79 Å². The van der Waals surface area contributed by atoms with Gasteiger partial charge in [0, 0.05) is 31.8 Å². The highest BCUT2D eigenvalue weighted by Crippen LogP contribution is 2.27. The van der Waals surface area contributed by atoms with Crippen molar-refractivity contribution in [1.82, 2.24) is 4.98 Å². The van der Waals surface area contributed by atoms with E-state index in [0.29, 0.717) is 20.4 Å². The smallest absolute Gasteiger partial charge is 0.196 e. The van der Waals surface area contributed by atoms with Crippen LogP contribution in [0.4, 0.5) is 4.39 Å². The first-order chi connectivity index (χ1) is 10.1. The highest BCUT2D eigenvalue weighted by Gasteiger charge is 2.17. The Labute approximate surface area is 134 Å². The third-order valence-electron chi connectivity index (χ3n) is 3.31. The summed E-state index contributed by atoms with van der Waals surface area (Å²) in [6, 6.07) is 9.66. The topological polar surface area (TPSA) is 42.1 Å². The first kappa shape index (κ1) is 14.1. The number of ether oxygens (including phenoxy) is 1. The number of halogens is 2. The summed E-state index contributed by atoms with van der Waals surface area (Å²) in [4.78, 5) is 15.7. The molecule has 0 aliphatic carbocycles. The molecule has 0 spiro atoms. The first-order valence-corrected chi connectivity index (χ1v) is 7.33.